The number of hydrogen-bond donors (Lipinski definition) is 1. The molecule has 0 bridgehead atoms. The molecule has 4 nitrogen and oxygen atoms in total. The lowest BCUT2D eigenvalue weighted by Crippen LogP contribution is -2.23. The van der Waals surface area contributed by atoms with Crippen LogP contribution in [0.3, 0.4) is 0 Å². The van der Waals surface area contributed by atoms with E-state index in [0.29, 0.717) is 18.2 Å². The molecule has 0 radical (unpaired) electrons. The third-order valence-corrected chi connectivity index (χ3v) is 2.83. The molecule has 0 saturated heterocycles. The monoisotopic (exact) mass is 312 g/mol. The van der Waals surface area contributed by atoms with E-state index < -0.39 is 0 Å². The van der Waals surface area contributed by atoms with Gasteiger partial charge in [0.05, 0.1) is 10.7 Å². The molecule has 0 aliphatic carbocycles. The molecule has 2 rings (SSSR count). The zero-order valence-corrected chi connectivity index (χ0v) is 11.8. The van der Waals surface area contributed by atoms with Crippen LogP contribution >= 0.6 is 15.9 Å². The molecule has 6 heteroatoms. The van der Waals surface area contributed by atoms with Crippen molar-refractivity contribution in [3.8, 4) is 5.82 Å². The van der Waals surface area contributed by atoms with Gasteiger partial charge in [-0.05, 0) is 22.0 Å². The smallest absolute Gasteiger partial charge is 0.190 e. The molecule has 0 fully saturated rings. The Bertz CT molecular complexity index is 539. The molecule has 0 unspecified atom stereocenters. The number of halogens is 2. The van der Waals surface area contributed by atoms with Crippen LogP contribution in [0, 0.1) is 5.82 Å². The summed E-state index contributed by atoms with van der Waals surface area (Å²) in [6, 6.07) is 1.98. The van der Waals surface area contributed by atoms with E-state index in [2.05, 4.69) is 31.3 Å². The van der Waals surface area contributed by atoms with Gasteiger partial charge in [-0.25, -0.2) is 14.1 Å². The Hall–Kier alpha value is -1.27. The van der Waals surface area contributed by atoms with Gasteiger partial charge >= 0.3 is 0 Å². The van der Waals surface area contributed by atoms with Crippen molar-refractivity contribution in [1.82, 2.24) is 20.1 Å². The predicted molar refractivity (Wildman–Crippen MR) is 71.0 cm³/mol. The normalized spacial score (nSPS) is 11.2. The van der Waals surface area contributed by atoms with Gasteiger partial charge < -0.3 is 5.32 Å². The topological polar surface area (TPSA) is 42.7 Å². The van der Waals surface area contributed by atoms with Gasteiger partial charge in [-0.1, -0.05) is 13.8 Å². The van der Waals surface area contributed by atoms with E-state index in [4.69, 9.17) is 0 Å². The molecule has 0 saturated carbocycles. The maximum absolute atomic E-state index is 14.2. The number of nitrogens with zero attached hydrogens (tertiary/aromatic N) is 3. The molecule has 2 heterocycles. The maximum Gasteiger partial charge on any atom is 0.190 e. The number of aromatic nitrogens is 3. The first-order valence-corrected chi connectivity index (χ1v) is 6.44. The Kier molecular flexibility index (Phi) is 4.08. The highest BCUT2D eigenvalue weighted by atomic mass is 79.9. The second-order valence-electron chi connectivity index (χ2n) is 4.25. The minimum absolute atomic E-state index is 0.212. The highest BCUT2D eigenvalue weighted by Crippen LogP contribution is 2.16. The zero-order chi connectivity index (χ0) is 13.1. The van der Waals surface area contributed by atoms with Gasteiger partial charge in [-0.15, -0.1) is 0 Å². The summed E-state index contributed by atoms with van der Waals surface area (Å²) in [5, 5.41) is 7.21. The first-order chi connectivity index (χ1) is 8.58. The largest absolute Gasteiger partial charge is 0.310 e. The van der Waals surface area contributed by atoms with Crippen LogP contribution in [0.2, 0.25) is 0 Å². The van der Waals surface area contributed by atoms with E-state index in [0.717, 1.165) is 4.47 Å². The van der Waals surface area contributed by atoms with E-state index in [9.17, 15) is 4.39 Å². The summed E-state index contributed by atoms with van der Waals surface area (Å²) in [5.74, 6) is -0.134. The molecule has 0 spiro atoms. The average molecular weight is 313 g/mol. The third kappa shape index (κ3) is 2.94. The van der Waals surface area contributed by atoms with Crippen LogP contribution in [0.4, 0.5) is 4.39 Å². The summed E-state index contributed by atoms with van der Waals surface area (Å²) in [7, 11) is 0. The fraction of sp³-hybridized carbons (Fsp3) is 0.333. The summed E-state index contributed by atoms with van der Waals surface area (Å²) < 4.78 is 16.4. The van der Waals surface area contributed by atoms with Crippen molar-refractivity contribution in [2.24, 2.45) is 0 Å². The summed E-state index contributed by atoms with van der Waals surface area (Å²) in [5.41, 5.74) is 0.584. The molecular weight excluding hydrogens is 299 g/mol. The molecule has 2 aromatic rings. The Labute approximate surface area is 113 Å². The first kappa shape index (κ1) is 13.2. The van der Waals surface area contributed by atoms with Crippen LogP contribution in [0.15, 0.2) is 29.1 Å². The van der Waals surface area contributed by atoms with Crippen molar-refractivity contribution in [3.63, 3.8) is 0 Å². The van der Waals surface area contributed by atoms with Crippen molar-refractivity contribution >= 4 is 15.9 Å². The summed E-state index contributed by atoms with van der Waals surface area (Å²) in [4.78, 5) is 4.03. The van der Waals surface area contributed by atoms with Crippen LogP contribution in [0.1, 0.15) is 19.4 Å². The lowest BCUT2D eigenvalue weighted by molar-refractivity contribution is 0.542. The lowest BCUT2D eigenvalue weighted by atomic mass is 10.2. The maximum atomic E-state index is 14.2. The Balaban J connectivity index is 2.30. The molecule has 0 atom stereocenters. The molecule has 96 valence electrons. The Morgan fingerprint density at radius 1 is 1.50 bits per heavy atom. The van der Waals surface area contributed by atoms with E-state index in [1.54, 1.807) is 24.7 Å². The highest BCUT2D eigenvalue weighted by molar-refractivity contribution is 9.10. The van der Waals surface area contributed by atoms with Crippen LogP contribution in [-0.2, 0) is 6.54 Å². The van der Waals surface area contributed by atoms with Crippen molar-refractivity contribution < 1.29 is 4.39 Å². The van der Waals surface area contributed by atoms with Gasteiger partial charge in [-0.3, -0.25) is 0 Å². The van der Waals surface area contributed by atoms with Crippen LogP contribution in [0.5, 0.6) is 0 Å². The van der Waals surface area contributed by atoms with Crippen LogP contribution in [0.25, 0.3) is 5.82 Å². The molecular formula is C12H14BrFN4. The molecule has 0 aromatic carbocycles. The SMILES string of the molecule is CC(C)NCc1ccnc(-n2cc(Br)cn2)c1F. The first-order valence-electron chi connectivity index (χ1n) is 5.65. The Morgan fingerprint density at radius 2 is 2.28 bits per heavy atom. The number of pyridine rings is 1. The second kappa shape index (κ2) is 5.58. The van der Waals surface area contributed by atoms with E-state index in [-0.39, 0.29) is 11.6 Å². The fourth-order valence-electron chi connectivity index (χ4n) is 1.50. The summed E-state index contributed by atoms with van der Waals surface area (Å²) >= 11 is 3.28. The van der Waals surface area contributed by atoms with Crippen LogP contribution < -0.4 is 5.32 Å². The van der Waals surface area contributed by atoms with E-state index in [1.807, 2.05) is 13.8 Å². The van der Waals surface area contributed by atoms with Gasteiger partial charge in [-0.2, -0.15) is 5.10 Å². The molecule has 18 heavy (non-hydrogen) atoms. The van der Waals surface area contributed by atoms with E-state index >= 15 is 0 Å². The van der Waals surface area contributed by atoms with Gasteiger partial charge in [0.15, 0.2) is 11.6 Å². The quantitative estimate of drug-likeness (QED) is 0.944. The molecule has 2 aromatic heterocycles. The van der Waals surface area contributed by atoms with Gasteiger partial charge in [0.2, 0.25) is 0 Å². The van der Waals surface area contributed by atoms with Gasteiger partial charge in [0.1, 0.15) is 0 Å². The minimum atomic E-state index is -0.346. The lowest BCUT2D eigenvalue weighted by Gasteiger charge is -2.10. The number of nitrogens with one attached hydrogen (secondary N) is 1. The molecule has 0 aliphatic rings. The standard InChI is InChI=1S/C12H14BrFN4/c1-8(2)16-5-9-3-4-15-12(11(9)14)18-7-10(13)6-17-18/h3-4,6-8,16H,5H2,1-2H3. The third-order valence-electron chi connectivity index (χ3n) is 2.42. The van der Waals surface area contributed by atoms with Crippen molar-refractivity contribution in [1.29, 1.82) is 0 Å². The fourth-order valence-corrected chi connectivity index (χ4v) is 1.78. The second-order valence-corrected chi connectivity index (χ2v) is 5.16. The van der Waals surface area contributed by atoms with E-state index in [1.165, 1.54) is 4.68 Å². The molecule has 1 N–H and O–H groups in total. The molecule has 0 amide bonds. The predicted octanol–water partition coefficient (Wildman–Crippen LogP) is 2.67. The molecule has 0 aliphatic heterocycles. The van der Waals surface area contributed by atoms with Crippen molar-refractivity contribution in [3.05, 3.63) is 40.5 Å². The highest BCUT2D eigenvalue weighted by Gasteiger charge is 2.12. The van der Waals surface area contributed by atoms with Gasteiger partial charge in [0, 0.05) is 30.5 Å². The number of hydrogen-bond acceptors (Lipinski definition) is 3. The van der Waals surface area contributed by atoms with Crippen molar-refractivity contribution in [2.45, 2.75) is 26.4 Å². The van der Waals surface area contributed by atoms with Crippen molar-refractivity contribution in [2.75, 3.05) is 0 Å². The Morgan fingerprint density at radius 3 is 2.89 bits per heavy atom. The zero-order valence-electron chi connectivity index (χ0n) is 10.2. The van der Waals surface area contributed by atoms with Crippen LogP contribution in [-0.4, -0.2) is 20.8 Å². The summed E-state index contributed by atoms with van der Waals surface area (Å²) in [6.45, 7) is 4.51. The average Bonchev–Trinajstić information content (AvgIpc) is 2.74. The number of rotatable bonds is 4. The minimum Gasteiger partial charge on any atom is -0.310 e. The summed E-state index contributed by atoms with van der Waals surface area (Å²) in [6.07, 6.45) is 4.86. The van der Waals surface area contributed by atoms with Gasteiger partial charge in [0.25, 0.3) is 0 Å².